The van der Waals surface area contributed by atoms with Crippen molar-refractivity contribution in [2.24, 2.45) is 0 Å². The van der Waals surface area contributed by atoms with Crippen LogP contribution in [0.1, 0.15) is 41.7 Å². The van der Waals surface area contributed by atoms with Crippen LogP contribution in [-0.4, -0.2) is 35.5 Å². The molecular weight excluding hydrogens is 319 g/mol. The van der Waals surface area contributed by atoms with Gasteiger partial charge >= 0.3 is 0 Å². The van der Waals surface area contributed by atoms with Crippen molar-refractivity contribution < 1.29 is 9.18 Å². The van der Waals surface area contributed by atoms with Gasteiger partial charge in [-0.3, -0.25) is 4.79 Å². The van der Waals surface area contributed by atoms with Crippen LogP contribution in [0, 0.1) is 5.82 Å². The van der Waals surface area contributed by atoms with Crippen molar-refractivity contribution in [3.05, 3.63) is 53.6 Å². The first-order chi connectivity index (χ1) is 12.2. The average Bonchev–Trinajstić information content (AvgIpc) is 2.93. The molecule has 1 saturated heterocycles. The van der Waals surface area contributed by atoms with Crippen LogP contribution >= 0.6 is 0 Å². The van der Waals surface area contributed by atoms with E-state index in [9.17, 15) is 9.18 Å². The lowest BCUT2D eigenvalue weighted by atomic mass is 10.1. The van der Waals surface area contributed by atoms with E-state index in [2.05, 4.69) is 20.2 Å². The lowest BCUT2D eigenvalue weighted by Gasteiger charge is -2.20. The Morgan fingerprint density at radius 3 is 2.52 bits per heavy atom. The Morgan fingerprint density at radius 1 is 1.08 bits per heavy atom. The number of benzene rings is 1. The van der Waals surface area contributed by atoms with Crippen LogP contribution < -0.4 is 10.2 Å². The molecule has 1 amide bonds. The summed E-state index contributed by atoms with van der Waals surface area (Å²) in [5, 5.41) is 2.86. The number of carbonyl (C=O) groups is 1. The van der Waals surface area contributed by atoms with Gasteiger partial charge in [0.1, 0.15) is 11.5 Å². The highest BCUT2D eigenvalue weighted by Crippen LogP contribution is 2.15. The maximum atomic E-state index is 12.9. The van der Waals surface area contributed by atoms with Crippen molar-refractivity contribution >= 4 is 11.9 Å². The second kappa shape index (κ2) is 8.55. The Kier molecular flexibility index (Phi) is 5.93. The van der Waals surface area contributed by atoms with Gasteiger partial charge < -0.3 is 10.2 Å². The van der Waals surface area contributed by atoms with Gasteiger partial charge in [0.05, 0.1) is 0 Å². The lowest BCUT2D eigenvalue weighted by Crippen LogP contribution is -2.29. The largest absolute Gasteiger partial charge is 0.350 e. The number of rotatable bonds is 5. The molecule has 1 fully saturated rings. The van der Waals surface area contributed by atoms with Crippen molar-refractivity contribution in [3.63, 3.8) is 0 Å². The summed E-state index contributed by atoms with van der Waals surface area (Å²) in [7, 11) is 0. The molecule has 0 aliphatic carbocycles. The fourth-order valence-electron chi connectivity index (χ4n) is 2.96. The number of anilines is 1. The monoisotopic (exact) mass is 342 g/mol. The zero-order valence-corrected chi connectivity index (χ0v) is 14.2. The fourth-order valence-corrected chi connectivity index (χ4v) is 2.96. The molecular formula is C19H23FN4O. The number of aromatic nitrogens is 2. The molecule has 2 aromatic rings. The van der Waals surface area contributed by atoms with Gasteiger partial charge in [0.15, 0.2) is 0 Å². The second-order valence-electron chi connectivity index (χ2n) is 6.28. The molecule has 1 aliphatic heterocycles. The minimum absolute atomic E-state index is 0.208. The van der Waals surface area contributed by atoms with E-state index in [1.165, 1.54) is 25.0 Å². The third-order valence-electron chi connectivity index (χ3n) is 4.38. The SMILES string of the molecule is O=C(NCCc1ccc(F)cc1)c1ccnc(N2CCCCCC2)n1. The molecule has 0 atom stereocenters. The van der Waals surface area contributed by atoms with E-state index in [0.717, 1.165) is 31.5 Å². The first-order valence-electron chi connectivity index (χ1n) is 8.83. The summed E-state index contributed by atoms with van der Waals surface area (Å²) in [6.07, 6.45) is 7.03. The maximum absolute atomic E-state index is 12.9. The quantitative estimate of drug-likeness (QED) is 0.908. The topological polar surface area (TPSA) is 58.1 Å². The highest BCUT2D eigenvalue weighted by Gasteiger charge is 2.15. The molecule has 0 saturated carbocycles. The smallest absolute Gasteiger partial charge is 0.270 e. The Hall–Kier alpha value is -2.50. The van der Waals surface area contributed by atoms with E-state index in [4.69, 9.17) is 0 Å². The molecule has 0 radical (unpaired) electrons. The molecule has 132 valence electrons. The molecule has 1 N–H and O–H groups in total. The summed E-state index contributed by atoms with van der Waals surface area (Å²) < 4.78 is 12.9. The number of carbonyl (C=O) groups excluding carboxylic acids is 1. The van der Waals surface area contributed by atoms with Gasteiger partial charge in [-0.05, 0) is 43.0 Å². The molecule has 1 aromatic heterocycles. The van der Waals surface area contributed by atoms with Crippen LogP contribution in [0.5, 0.6) is 0 Å². The molecule has 0 spiro atoms. The maximum Gasteiger partial charge on any atom is 0.270 e. The minimum Gasteiger partial charge on any atom is -0.350 e. The number of amides is 1. The summed E-state index contributed by atoms with van der Waals surface area (Å²) in [5.41, 5.74) is 1.36. The number of halogens is 1. The molecule has 0 bridgehead atoms. The molecule has 1 aromatic carbocycles. The first-order valence-corrected chi connectivity index (χ1v) is 8.83. The summed E-state index contributed by atoms with van der Waals surface area (Å²) in [6, 6.07) is 7.94. The Bertz CT molecular complexity index is 697. The number of hydrogen-bond acceptors (Lipinski definition) is 4. The van der Waals surface area contributed by atoms with E-state index >= 15 is 0 Å². The predicted molar refractivity (Wildman–Crippen MR) is 95.2 cm³/mol. The van der Waals surface area contributed by atoms with Gasteiger partial charge in [0.2, 0.25) is 5.95 Å². The molecule has 5 nitrogen and oxygen atoms in total. The second-order valence-corrected chi connectivity index (χ2v) is 6.28. The normalized spacial score (nSPS) is 14.8. The van der Waals surface area contributed by atoms with E-state index in [1.54, 1.807) is 24.4 Å². The van der Waals surface area contributed by atoms with Crippen molar-refractivity contribution in [2.45, 2.75) is 32.1 Å². The van der Waals surface area contributed by atoms with Crippen LogP contribution in [-0.2, 0) is 6.42 Å². The fraction of sp³-hybridized carbons (Fsp3) is 0.421. The Labute approximate surface area is 147 Å². The molecule has 1 aliphatic rings. The van der Waals surface area contributed by atoms with Crippen molar-refractivity contribution in [1.82, 2.24) is 15.3 Å². The number of nitrogens with zero attached hydrogens (tertiary/aromatic N) is 3. The third-order valence-corrected chi connectivity index (χ3v) is 4.38. The lowest BCUT2D eigenvalue weighted by molar-refractivity contribution is 0.0949. The van der Waals surface area contributed by atoms with Crippen LogP contribution in [0.3, 0.4) is 0 Å². The van der Waals surface area contributed by atoms with Crippen LogP contribution in [0.2, 0.25) is 0 Å². The van der Waals surface area contributed by atoms with Crippen molar-refractivity contribution in [3.8, 4) is 0 Å². The van der Waals surface area contributed by atoms with E-state index in [0.29, 0.717) is 24.6 Å². The zero-order chi connectivity index (χ0) is 17.5. The van der Waals surface area contributed by atoms with Crippen LogP contribution in [0.25, 0.3) is 0 Å². The molecule has 3 rings (SSSR count). The van der Waals surface area contributed by atoms with Gasteiger partial charge in [0, 0.05) is 25.8 Å². The van der Waals surface area contributed by atoms with Gasteiger partial charge in [-0.25, -0.2) is 14.4 Å². The number of hydrogen-bond donors (Lipinski definition) is 1. The van der Waals surface area contributed by atoms with Gasteiger partial charge in [-0.2, -0.15) is 0 Å². The molecule has 2 heterocycles. The highest BCUT2D eigenvalue weighted by molar-refractivity contribution is 5.92. The van der Waals surface area contributed by atoms with Gasteiger partial charge in [-0.15, -0.1) is 0 Å². The van der Waals surface area contributed by atoms with E-state index in [1.807, 2.05) is 0 Å². The Morgan fingerprint density at radius 2 is 1.80 bits per heavy atom. The standard InChI is InChI=1S/C19H23FN4O/c20-16-7-5-15(6-8-16)9-11-21-18(25)17-10-12-22-19(23-17)24-13-3-1-2-4-14-24/h5-8,10,12H,1-4,9,11,13-14H2,(H,21,25). The van der Waals surface area contributed by atoms with E-state index < -0.39 is 0 Å². The summed E-state index contributed by atoms with van der Waals surface area (Å²) in [6.45, 7) is 2.36. The first kappa shape index (κ1) is 17.3. The summed E-state index contributed by atoms with van der Waals surface area (Å²) in [5.74, 6) is 0.170. The van der Waals surface area contributed by atoms with Crippen molar-refractivity contribution in [2.75, 3.05) is 24.5 Å². The highest BCUT2D eigenvalue weighted by atomic mass is 19.1. The van der Waals surface area contributed by atoms with Crippen LogP contribution in [0.15, 0.2) is 36.5 Å². The summed E-state index contributed by atoms with van der Waals surface area (Å²) >= 11 is 0. The zero-order valence-electron chi connectivity index (χ0n) is 14.2. The molecule has 25 heavy (non-hydrogen) atoms. The van der Waals surface area contributed by atoms with E-state index in [-0.39, 0.29) is 11.7 Å². The minimum atomic E-state index is -0.255. The molecule has 6 heteroatoms. The Balaban J connectivity index is 1.56. The van der Waals surface area contributed by atoms with Gasteiger partial charge in [-0.1, -0.05) is 25.0 Å². The van der Waals surface area contributed by atoms with Crippen molar-refractivity contribution in [1.29, 1.82) is 0 Å². The number of nitrogens with one attached hydrogen (secondary N) is 1. The van der Waals surface area contributed by atoms with Crippen LogP contribution in [0.4, 0.5) is 10.3 Å². The molecule has 0 unspecified atom stereocenters. The predicted octanol–water partition coefficient (Wildman–Crippen LogP) is 2.97. The third kappa shape index (κ3) is 4.98. The summed E-state index contributed by atoms with van der Waals surface area (Å²) in [4.78, 5) is 23.2. The van der Waals surface area contributed by atoms with Gasteiger partial charge in [0.25, 0.3) is 5.91 Å². The average molecular weight is 342 g/mol.